The first kappa shape index (κ1) is 12.9. The number of carbonyl (C=O) groups excluding carboxylic acids is 1. The van der Waals surface area contributed by atoms with E-state index in [0.717, 1.165) is 18.5 Å². The minimum Gasteiger partial charge on any atom is -0.465 e. The fourth-order valence-electron chi connectivity index (χ4n) is 2.33. The Balaban J connectivity index is 2.05. The van der Waals surface area contributed by atoms with E-state index in [4.69, 9.17) is 10.5 Å². The summed E-state index contributed by atoms with van der Waals surface area (Å²) in [5.41, 5.74) is 9.54. The van der Waals surface area contributed by atoms with Gasteiger partial charge in [-0.2, -0.15) is 0 Å². The van der Waals surface area contributed by atoms with Crippen LogP contribution in [0.1, 0.15) is 18.1 Å². The number of rotatable bonds is 4. The highest BCUT2D eigenvalue weighted by atomic mass is 16.5. The van der Waals surface area contributed by atoms with E-state index >= 15 is 0 Å². The lowest BCUT2D eigenvalue weighted by molar-refractivity contribution is -0.144. The summed E-state index contributed by atoms with van der Waals surface area (Å²) in [6.45, 7) is 3.22. The van der Waals surface area contributed by atoms with Gasteiger partial charge in [-0.05, 0) is 37.0 Å². The number of nitrogens with zero attached hydrogens (tertiary/aromatic N) is 1. The third-order valence-electron chi connectivity index (χ3n) is 3.32. The Hall–Kier alpha value is -1.55. The molecule has 1 aromatic carbocycles. The number of anilines is 1. The van der Waals surface area contributed by atoms with Gasteiger partial charge in [0.05, 0.1) is 6.61 Å². The third kappa shape index (κ3) is 2.64. The molecule has 0 aliphatic carbocycles. The maximum absolute atomic E-state index is 11.5. The predicted molar refractivity (Wildman–Crippen MR) is 71.7 cm³/mol. The third-order valence-corrected chi connectivity index (χ3v) is 3.32. The monoisotopic (exact) mass is 248 g/mol. The molecule has 0 spiro atoms. The van der Waals surface area contributed by atoms with E-state index in [1.54, 1.807) is 6.92 Å². The smallest absolute Gasteiger partial charge is 0.323 e. The van der Waals surface area contributed by atoms with Crippen molar-refractivity contribution in [2.24, 2.45) is 5.73 Å². The SMILES string of the molecule is CCOC(=O)C(N)Cc1ccc2c(c1)CCN2C. The maximum atomic E-state index is 11.5. The molecule has 1 aliphatic rings. The molecule has 4 heteroatoms. The Morgan fingerprint density at radius 3 is 3.06 bits per heavy atom. The fraction of sp³-hybridized carbons (Fsp3) is 0.500. The molecular formula is C14H20N2O2. The number of hydrogen-bond acceptors (Lipinski definition) is 4. The lowest BCUT2D eigenvalue weighted by Crippen LogP contribution is -2.34. The summed E-state index contributed by atoms with van der Waals surface area (Å²) in [4.78, 5) is 13.7. The van der Waals surface area contributed by atoms with E-state index < -0.39 is 6.04 Å². The first-order chi connectivity index (χ1) is 8.61. The predicted octanol–water partition coefficient (Wildman–Crippen LogP) is 1.11. The van der Waals surface area contributed by atoms with Crippen LogP contribution in [0.3, 0.4) is 0 Å². The molecule has 0 saturated carbocycles. The molecule has 0 radical (unpaired) electrons. The van der Waals surface area contributed by atoms with E-state index in [2.05, 4.69) is 24.1 Å². The average molecular weight is 248 g/mol. The van der Waals surface area contributed by atoms with Crippen LogP contribution in [0.2, 0.25) is 0 Å². The summed E-state index contributed by atoms with van der Waals surface area (Å²) in [5.74, 6) is -0.324. The topological polar surface area (TPSA) is 55.6 Å². The van der Waals surface area contributed by atoms with Gasteiger partial charge >= 0.3 is 5.97 Å². The highest BCUT2D eigenvalue weighted by Crippen LogP contribution is 2.27. The molecule has 98 valence electrons. The lowest BCUT2D eigenvalue weighted by Gasteiger charge is -2.14. The van der Waals surface area contributed by atoms with Crippen molar-refractivity contribution < 1.29 is 9.53 Å². The minimum atomic E-state index is -0.567. The van der Waals surface area contributed by atoms with E-state index in [0.29, 0.717) is 13.0 Å². The molecule has 1 heterocycles. The molecule has 4 nitrogen and oxygen atoms in total. The van der Waals surface area contributed by atoms with E-state index in [9.17, 15) is 4.79 Å². The number of fused-ring (bicyclic) bond motifs is 1. The van der Waals surface area contributed by atoms with Crippen LogP contribution in [0.4, 0.5) is 5.69 Å². The molecule has 1 aliphatic heterocycles. The van der Waals surface area contributed by atoms with Crippen molar-refractivity contribution in [3.63, 3.8) is 0 Å². The molecular weight excluding hydrogens is 228 g/mol. The van der Waals surface area contributed by atoms with Crippen molar-refractivity contribution in [2.75, 3.05) is 25.1 Å². The molecule has 1 aromatic rings. The first-order valence-corrected chi connectivity index (χ1v) is 6.37. The summed E-state index contributed by atoms with van der Waals surface area (Å²) >= 11 is 0. The van der Waals surface area contributed by atoms with Gasteiger partial charge in [-0.3, -0.25) is 4.79 Å². The Bertz CT molecular complexity index is 445. The maximum Gasteiger partial charge on any atom is 0.323 e. The second kappa shape index (κ2) is 5.40. The summed E-state index contributed by atoms with van der Waals surface area (Å²) in [5, 5.41) is 0. The quantitative estimate of drug-likeness (QED) is 0.811. The van der Waals surface area contributed by atoms with Crippen molar-refractivity contribution >= 4 is 11.7 Å². The molecule has 0 aromatic heterocycles. The van der Waals surface area contributed by atoms with Gasteiger partial charge in [0.25, 0.3) is 0 Å². The zero-order valence-electron chi connectivity index (χ0n) is 11.0. The van der Waals surface area contributed by atoms with E-state index in [-0.39, 0.29) is 5.97 Å². The van der Waals surface area contributed by atoms with Gasteiger partial charge in [-0.25, -0.2) is 0 Å². The van der Waals surface area contributed by atoms with Crippen LogP contribution in [-0.2, 0) is 22.4 Å². The molecule has 0 amide bonds. The van der Waals surface area contributed by atoms with Gasteiger partial charge in [-0.15, -0.1) is 0 Å². The van der Waals surface area contributed by atoms with Crippen LogP contribution < -0.4 is 10.6 Å². The van der Waals surface area contributed by atoms with Crippen molar-refractivity contribution in [1.29, 1.82) is 0 Å². The van der Waals surface area contributed by atoms with Gasteiger partial charge < -0.3 is 15.4 Å². The second-order valence-electron chi connectivity index (χ2n) is 4.70. The number of ether oxygens (including phenoxy) is 1. The lowest BCUT2D eigenvalue weighted by atomic mass is 10.0. The normalized spacial score (nSPS) is 15.4. The second-order valence-corrected chi connectivity index (χ2v) is 4.70. The number of benzene rings is 1. The van der Waals surface area contributed by atoms with Crippen LogP contribution in [-0.4, -0.2) is 32.2 Å². The van der Waals surface area contributed by atoms with Gasteiger partial charge in [0, 0.05) is 19.3 Å². The average Bonchev–Trinajstić information content (AvgIpc) is 2.71. The summed E-state index contributed by atoms with van der Waals surface area (Å²) in [6.07, 6.45) is 1.60. The summed E-state index contributed by atoms with van der Waals surface area (Å²) in [6, 6.07) is 5.73. The first-order valence-electron chi connectivity index (χ1n) is 6.37. The number of hydrogen-bond donors (Lipinski definition) is 1. The van der Waals surface area contributed by atoms with E-state index in [1.807, 2.05) is 6.07 Å². The van der Waals surface area contributed by atoms with Crippen LogP contribution in [0.25, 0.3) is 0 Å². The van der Waals surface area contributed by atoms with Crippen molar-refractivity contribution in [1.82, 2.24) is 0 Å². The standard InChI is InChI=1S/C14H20N2O2/c1-3-18-14(17)12(15)9-10-4-5-13-11(8-10)6-7-16(13)2/h4-5,8,12H,3,6-7,9,15H2,1-2H3. The molecule has 0 fully saturated rings. The molecule has 18 heavy (non-hydrogen) atoms. The van der Waals surface area contributed by atoms with Crippen molar-refractivity contribution in [3.05, 3.63) is 29.3 Å². The highest BCUT2D eigenvalue weighted by Gasteiger charge is 2.18. The molecule has 2 rings (SSSR count). The van der Waals surface area contributed by atoms with Crippen LogP contribution >= 0.6 is 0 Å². The summed E-state index contributed by atoms with van der Waals surface area (Å²) < 4.78 is 4.91. The molecule has 0 saturated heterocycles. The largest absolute Gasteiger partial charge is 0.465 e. The van der Waals surface area contributed by atoms with Gasteiger partial charge in [-0.1, -0.05) is 12.1 Å². The van der Waals surface area contributed by atoms with Gasteiger partial charge in [0.15, 0.2) is 0 Å². The number of carbonyl (C=O) groups is 1. The number of likely N-dealkylation sites (N-methyl/N-ethyl adjacent to an activating group) is 1. The number of esters is 1. The van der Waals surface area contributed by atoms with Gasteiger partial charge in [0.1, 0.15) is 6.04 Å². The van der Waals surface area contributed by atoms with Crippen molar-refractivity contribution in [2.45, 2.75) is 25.8 Å². The van der Waals surface area contributed by atoms with Crippen molar-refractivity contribution in [3.8, 4) is 0 Å². The minimum absolute atomic E-state index is 0.324. The molecule has 2 N–H and O–H groups in total. The zero-order chi connectivity index (χ0) is 13.1. The zero-order valence-corrected chi connectivity index (χ0v) is 11.0. The fourth-order valence-corrected chi connectivity index (χ4v) is 2.33. The van der Waals surface area contributed by atoms with Crippen LogP contribution in [0, 0.1) is 0 Å². The Morgan fingerprint density at radius 2 is 2.33 bits per heavy atom. The Labute approximate surface area is 108 Å². The molecule has 1 atom stereocenters. The molecule has 1 unspecified atom stereocenters. The molecule has 0 bridgehead atoms. The highest BCUT2D eigenvalue weighted by molar-refractivity contribution is 5.76. The Morgan fingerprint density at radius 1 is 1.56 bits per heavy atom. The van der Waals surface area contributed by atoms with Gasteiger partial charge in [0.2, 0.25) is 0 Å². The van der Waals surface area contributed by atoms with Crippen LogP contribution in [0.15, 0.2) is 18.2 Å². The van der Waals surface area contributed by atoms with E-state index in [1.165, 1.54) is 11.3 Å². The van der Waals surface area contributed by atoms with Crippen LogP contribution in [0.5, 0.6) is 0 Å². The number of nitrogens with two attached hydrogens (primary N) is 1. The Kier molecular flexibility index (Phi) is 3.87. The summed E-state index contributed by atoms with van der Waals surface area (Å²) in [7, 11) is 2.09.